The molecule has 0 bridgehead atoms. The highest BCUT2D eigenvalue weighted by Gasteiger charge is 2.20. The molecule has 0 saturated carbocycles. The number of nitrogen functional groups attached to an aromatic ring is 1. The van der Waals surface area contributed by atoms with Gasteiger partial charge >= 0.3 is 0 Å². The summed E-state index contributed by atoms with van der Waals surface area (Å²) in [5.41, 5.74) is 7.80. The minimum atomic E-state index is -0.793. The van der Waals surface area contributed by atoms with Gasteiger partial charge in [-0.2, -0.15) is 5.10 Å². The van der Waals surface area contributed by atoms with Crippen LogP contribution in [0.2, 0.25) is 0 Å². The lowest BCUT2D eigenvalue weighted by Gasteiger charge is -2.16. The summed E-state index contributed by atoms with van der Waals surface area (Å²) in [6, 6.07) is 12.4. The molecule has 1 aromatic carbocycles. The third-order valence-electron chi connectivity index (χ3n) is 4.58. The molecular formula is C21H24N4O3. The molecule has 3 N–H and O–H groups in total. The molecule has 1 amide bonds. The number of nitrogens with two attached hydrogens (primary N) is 1. The zero-order valence-corrected chi connectivity index (χ0v) is 16.2. The maximum atomic E-state index is 12.5. The van der Waals surface area contributed by atoms with Crippen LogP contribution in [0.15, 0.2) is 51.7 Å². The van der Waals surface area contributed by atoms with Crippen molar-refractivity contribution >= 4 is 11.6 Å². The number of nitrogens with zero attached hydrogens (tertiary/aromatic N) is 2. The van der Waals surface area contributed by atoms with E-state index in [1.54, 1.807) is 6.92 Å². The number of benzene rings is 1. The molecule has 0 aliphatic rings. The molecule has 0 radical (unpaired) electrons. The minimum Gasteiger partial charge on any atom is -0.466 e. The molecule has 7 heteroatoms. The van der Waals surface area contributed by atoms with Gasteiger partial charge in [0.25, 0.3) is 5.56 Å². The molecule has 3 aromatic rings. The lowest BCUT2D eigenvalue weighted by Crippen LogP contribution is -2.38. The number of amides is 1. The van der Waals surface area contributed by atoms with Gasteiger partial charge in [0, 0.05) is 12.1 Å². The van der Waals surface area contributed by atoms with Crippen LogP contribution >= 0.6 is 0 Å². The van der Waals surface area contributed by atoms with Crippen LogP contribution in [0.1, 0.15) is 30.0 Å². The summed E-state index contributed by atoms with van der Waals surface area (Å²) in [6.07, 6.45) is 0.706. The highest BCUT2D eigenvalue weighted by Crippen LogP contribution is 2.25. The predicted molar refractivity (Wildman–Crippen MR) is 108 cm³/mol. The second-order valence-corrected chi connectivity index (χ2v) is 6.76. The molecule has 3 rings (SSSR count). The Kier molecular flexibility index (Phi) is 5.63. The van der Waals surface area contributed by atoms with Crippen LogP contribution in [0, 0.1) is 13.8 Å². The van der Waals surface area contributed by atoms with E-state index in [4.69, 9.17) is 10.2 Å². The molecule has 2 heterocycles. The largest absolute Gasteiger partial charge is 0.466 e. The van der Waals surface area contributed by atoms with E-state index < -0.39 is 11.6 Å². The minimum absolute atomic E-state index is 0.0344. The van der Waals surface area contributed by atoms with Crippen molar-refractivity contribution in [2.45, 2.75) is 33.2 Å². The molecule has 0 aliphatic carbocycles. The predicted octanol–water partition coefficient (Wildman–Crippen LogP) is 2.62. The summed E-state index contributed by atoms with van der Waals surface area (Å²) in [5.74, 6) is 1.12. The van der Waals surface area contributed by atoms with E-state index in [9.17, 15) is 9.59 Å². The molecule has 28 heavy (non-hydrogen) atoms. The first kappa shape index (κ1) is 19.4. The maximum absolute atomic E-state index is 12.5. The molecule has 0 aliphatic heterocycles. The van der Waals surface area contributed by atoms with Crippen molar-refractivity contribution in [2.24, 2.45) is 0 Å². The van der Waals surface area contributed by atoms with Crippen LogP contribution < -0.4 is 16.6 Å². The molecule has 7 nitrogen and oxygen atoms in total. The second kappa shape index (κ2) is 8.12. The van der Waals surface area contributed by atoms with Crippen molar-refractivity contribution in [3.8, 4) is 11.3 Å². The number of hydrogen-bond donors (Lipinski definition) is 2. The molecule has 1 atom stereocenters. The summed E-state index contributed by atoms with van der Waals surface area (Å²) in [5, 5.41) is 7.22. The van der Waals surface area contributed by atoms with Crippen LogP contribution in [0.5, 0.6) is 0 Å². The van der Waals surface area contributed by atoms with Gasteiger partial charge in [-0.1, -0.05) is 30.3 Å². The quantitative estimate of drug-likeness (QED) is 0.684. The van der Waals surface area contributed by atoms with Gasteiger partial charge in [-0.15, -0.1) is 0 Å². The van der Waals surface area contributed by atoms with Crippen molar-refractivity contribution in [3.63, 3.8) is 0 Å². The molecule has 0 saturated heterocycles. The lowest BCUT2D eigenvalue weighted by molar-refractivity contribution is -0.124. The van der Waals surface area contributed by atoms with E-state index in [-0.39, 0.29) is 11.6 Å². The Labute approximate surface area is 163 Å². The van der Waals surface area contributed by atoms with E-state index in [2.05, 4.69) is 10.4 Å². The van der Waals surface area contributed by atoms with Crippen LogP contribution in [0.4, 0.5) is 5.69 Å². The van der Waals surface area contributed by atoms with Crippen LogP contribution in [-0.2, 0) is 11.2 Å². The monoisotopic (exact) mass is 380 g/mol. The van der Waals surface area contributed by atoms with Crippen molar-refractivity contribution in [1.82, 2.24) is 15.1 Å². The van der Waals surface area contributed by atoms with E-state index >= 15 is 0 Å². The Balaban J connectivity index is 1.78. The lowest BCUT2D eigenvalue weighted by atomic mass is 10.1. The Hall–Kier alpha value is -3.35. The van der Waals surface area contributed by atoms with Gasteiger partial charge in [-0.3, -0.25) is 9.59 Å². The smallest absolute Gasteiger partial charge is 0.290 e. The van der Waals surface area contributed by atoms with Gasteiger partial charge in [-0.25, -0.2) is 4.68 Å². The van der Waals surface area contributed by atoms with Crippen molar-refractivity contribution in [3.05, 3.63) is 69.9 Å². The van der Waals surface area contributed by atoms with Gasteiger partial charge in [0.15, 0.2) is 0 Å². The average molecular weight is 380 g/mol. The fourth-order valence-corrected chi connectivity index (χ4v) is 3.04. The summed E-state index contributed by atoms with van der Waals surface area (Å²) >= 11 is 0. The summed E-state index contributed by atoms with van der Waals surface area (Å²) in [4.78, 5) is 25.0. The highest BCUT2D eigenvalue weighted by molar-refractivity contribution is 5.80. The number of rotatable bonds is 6. The SMILES string of the molecule is Cc1cc(-c2cc(N)c(=O)n([C@@H](C)C(=O)NCCc3ccccc3)n2)c(C)o1. The van der Waals surface area contributed by atoms with Gasteiger partial charge < -0.3 is 15.5 Å². The van der Waals surface area contributed by atoms with Gasteiger partial charge in [0.2, 0.25) is 5.91 Å². The summed E-state index contributed by atoms with van der Waals surface area (Å²) in [6.45, 7) is 5.74. The average Bonchev–Trinajstić information content (AvgIpc) is 3.02. The number of carbonyl (C=O) groups excluding carboxylic acids is 1. The van der Waals surface area contributed by atoms with Crippen molar-refractivity contribution < 1.29 is 9.21 Å². The topological polar surface area (TPSA) is 103 Å². The third kappa shape index (κ3) is 4.14. The van der Waals surface area contributed by atoms with Crippen LogP contribution in [-0.4, -0.2) is 22.2 Å². The third-order valence-corrected chi connectivity index (χ3v) is 4.58. The van der Waals surface area contributed by atoms with Gasteiger partial charge in [0.1, 0.15) is 23.2 Å². The standard InChI is InChI=1S/C21H24N4O3/c1-13-11-17(15(3)28-13)19-12-18(22)21(27)25(24-19)14(2)20(26)23-10-9-16-7-5-4-6-8-16/h4-8,11-12,14H,9-10,22H2,1-3H3,(H,23,26)/t14-/m0/s1. The van der Waals surface area contributed by atoms with E-state index in [0.29, 0.717) is 24.4 Å². The zero-order chi connectivity index (χ0) is 20.3. The normalized spacial score (nSPS) is 12.0. The Morgan fingerprint density at radius 2 is 1.96 bits per heavy atom. The van der Waals surface area contributed by atoms with Crippen molar-refractivity contribution in [2.75, 3.05) is 12.3 Å². The first-order valence-electron chi connectivity index (χ1n) is 9.15. The fourth-order valence-electron chi connectivity index (χ4n) is 3.04. The van der Waals surface area contributed by atoms with E-state index in [1.165, 1.54) is 6.07 Å². The van der Waals surface area contributed by atoms with Gasteiger partial charge in [-0.05, 0) is 44.9 Å². The molecule has 0 spiro atoms. The maximum Gasteiger partial charge on any atom is 0.290 e. The molecule has 146 valence electrons. The van der Waals surface area contributed by atoms with E-state index in [0.717, 1.165) is 21.6 Å². The second-order valence-electron chi connectivity index (χ2n) is 6.76. The molecule has 0 unspecified atom stereocenters. The first-order chi connectivity index (χ1) is 13.4. The molecule has 2 aromatic heterocycles. The highest BCUT2D eigenvalue weighted by atomic mass is 16.3. The van der Waals surface area contributed by atoms with Gasteiger partial charge in [0.05, 0.1) is 5.69 Å². The van der Waals surface area contributed by atoms with Crippen LogP contribution in [0.25, 0.3) is 11.3 Å². The Bertz CT molecular complexity index is 1040. The summed E-state index contributed by atoms with van der Waals surface area (Å²) in [7, 11) is 0. The Morgan fingerprint density at radius 3 is 2.61 bits per heavy atom. The fraction of sp³-hybridized carbons (Fsp3) is 0.286. The zero-order valence-electron chi connectivity index (χ0n) is 16.2. The number of hydrogen-bond acceptors (Lipinski definition) is 5. The number of anilines is 1. The number of aryl methyl sites for hydroxylation is 2. The van der Waals surface area contributed by atoms with E-state index in [1.807, 2.05) is 50.2 Å². The number of furan rings is 1. The molecular weight excluding hydrogens is 356 g/mol. The number of aromatic nitrogens is 2. The van der Waals surface area contributed by atoms with Crippen LogP contribution in [0.3, 0.4) is 0 Å². The van der Waals surface area contributed by atoms with Crippen molar-refractivity contribution in [1.29, 1.82) is 0 Å². The number of carbonyl (C=O) groups is 1. The first-order valence-corrected chi connectivity index (χ1v) is 9.15. The number of nitrogens with one attached hydrogen (secondary N) is 1. The molecule has 0 fully saturated rings. The Morgan fingerprint density at radius 1 is 1.25 bits per heavy atom. The summed E-state index contributed by atoms with van der Waals surface area (Å²) < 4.78 is 6.66.